The number of carbonyl (C=O) groups is 1. The molecule has 0 amide bonds. The molecule has 3 aliphatic carbocycles. The molecule has 4 nitrogen and oxygen atoms in total. The maximum atomic E-state index is 11.6. The van der Waals surface area contributed by atoms with Crippen molar-refractivity contribution >= 4 is 5.97 Å². The van der Waals surface area contributed by atoms with E-state index in [4.69, 9.17) is 9.47 Å². The molecule has 1 aliphatic heterocycles. The molecule has 1 heterocycles. The highest BCUT2D eigenvalue weighted by molar-refractivity contribution is 5.73. The highest BCUT2D eigenvalue weighted by atomic mass is 16.5. The van der Waals surface area contributed by atoms with Crippen LogP contribution in [-0.4, -0.2) is 37.1 Å². The van der Waals surface area contributed by atoms with E-state index >= 15 is 0 Å². The van der Waals surface area contributed by atoms with Gasteiger partial charge in [-0.1, -0.05) is 24.3 Å². The van der Waals surface area contributed by atoms with Gasteiger partial charge in [-0.25, -0.2) is 0 Å². The zero-order valence-electron chi connectivity index (χ0n) is 18.4. The number of benzene rings is 2. The molecule has 0 radical (unpaired) electrons. The van der Waals surface area contributed by atoms with Crippen molar-refractivity contribution in [3.63, 3.8) is 0 Å². The minimum Gasteiger partial charge on any atom is -0.489 e. The summed E-state index contributed by atoms with van der Waals surface area (Å²) < 4.78 is 11.1. The zero-order valence-corrected chi connectivity index (χ0v) is 18.4. The van der Waals surface area contributed by atoms with E-state index in [0.29, 0.717) is 18.1 Å². The van der Waals surface area contributed by atoms with E-state index in [2.05, 4.69) is 41.3 Å². The van der Waals surface area contributed by atoms with Crippen molar-refractivity contribution < 1.29 is 14.3 Å². The Kier molecular flexibility index (Phi) is 4.60. The number of aryl methyl sites for hydroxylation is 1. The lowest BCUT2D eigenvalue weighted by atomic mass is 9.71. The van der Waals surface area contributed by atoms with Gasteiger partial charge in [0.1, 0.15) is 12.4 Å². The monoisotopic (exact) mass is 417 g/mol. The molecule has 6 rings (SSSR count). The van der Waals surface area contributed by atoms with E-state index in [1.54, 1.807) is 0 Å². The van der Waals surface area contributed by atoms with Crippen LogP contribution < -0.4 is 4.74 Å². The van der Waals surface area contributed by atoms with Gasteiger partial charge in [-0.2, -0.15) is 0 Å². The molecule has 0 aromatic heterocycles. The average Bonchev–Trinajstić information content (AvgIpc) is 3.35. The standard InChI is InChI=1S/C27H31NO3/c1-30-26(29)21-10-23(11-21)28-16-27(17-28)13-19-8-9-24(12-22(19)14-27)31-15-20-6-2-4-18-5-3-7-25(18)20/h2,4,6,8-9,12,21,23H,3,5,7,10-11,13-17H2,1H3. The lowest BCUT2D eigenvalue weighted by molar-refractivity contribution is -0.154. The predicted molar refractivity (Wildman–Crippen MR) is 119 cm³/mol. The minimum atomic E-state index is -0.0345. The molecular weight excluding hydrogens is 386 g/mol. The second-order valence-corrected chi connectivity index (χ2v) is 10.2. The number of hydrogen-bond acceptors (Lipinski definition) is 4. The van der Waals surface area contributed by atoms with Crippen LogP contribution in [-0.2, 0) is 41.8 Å². The highest BCUT2D eigenvalue weighted by Gasteiger charge is 2.51. The van der Waals surface area contributed by atoms with Crippen LogP contribution in [0, 0.1) is 11.3 Å². The third-order valence-electron chi connectivity index (χ3n) is 8.19. The normalized spacial score (nSPS) is 25.5. The van der Waals surface area contributed by atoms with Gasteiger partial charge in [-0.05, 0) is 84.9 Å². The maximum Gasteiger partial charge on any atom is 0.308 e. The lowest BCUT2D eigenvalue weighted by Gasteiger charge is -2.55. The van der Waals surface area contributed by atoms with E-state index in [1.165, 1.54) is 60.6 Å². The maximum absolute atomic E-state index is 11.6. The predicted octanol–water partition coefficient (Wildman–Crippen LogP) is 4.11. The Morgan fingerprint density at radius 3 is 2.74 bits per heavy atom. The number of ether oxygens (including phenoxy) is 2. The fourth-order valence-electron chi connectivity index (χ4n) is 6.44. The first-order valence-electron chi connectivity index (χ1n) is 11.8. The van der Waals surface area contributed by atoms with Crippen LogP contribution in [0.2, 0.25) is 0 Å². The molecule has 4 heteroatoms. The summed E-state index contributed by atoms with van der Waals surface area (Å²) in [6.07, 6.45) is 7.95. The molecule has 0 bridgehead atoms. The van der Waals surface area contributed by atoms with E-state index in [1.807, 2.05) is 0 Å². The van der Waals surface area contributed by atoms with Gasteiger partial charge in [0.25, 0.3) is 0 Å². The van der Waals surface area contributed by atoms with Crippen molar-refractivity contribution in [2.75, 3.05) is 20.2 Å². The molecule has 0 atom stereocenters. The molecular formula is C27H31NO3. The first-order valence-corrected chi connectivity index (χ1v) is 11.8. The SMILES string of the molecule is COC(=O)C1CC(N2CC3(Cc4ccc(OCc5cccc6c5CCC6)cc4C3)C2)C1. The first-order chi connectivity index (χ1) is 15.1. The molecule has 1 saturated heterocycles. The van der Waals surface area contributed by atoms with Gasteiger partial charge in [0, 0.05) is 24.5 Å². The van der Waals surface area contributed by atoms with Crippen LogP contribution in [0.4, 0.5) is 0 Å². The van der Waals surface area contributed by atoms with E-state index < -0.39 is 0 Å². The minimum absolute atomic E-state index is 0.0345. The second-order valence-electron chi connectivity index (χ2n) is 10.2. The summed E-state index contributed by atoms with van der Waals surface area (Å²) in [7, 11) is 1.49. The summed E-state index contributed by atoms with van der Waals surface area (Å²) in [5.74, 6) is 1.09. The number of rotatable bonds is 5. The zero-order chi connectivity index (χ0) is 21.0. The Hall–Kier alpha value is -2.33. The molecule has 31 heavy (non-hydrogen) atoms. The van der Waals surface area contributed by atoms with Gasteiger partial charge in [-0.15, -0.1) is 0 Å². The van der Waals surface area contributed by atoms with E-state index in [-0.39, 0.29) is 11.9 Å². The number of fused-ring (bicyclic) bond motifs is 2. The molecule has 1 saturated carbocycles. The van der Waals surface area contributed by atoms with Crippen LogP contribution in [0.15, 0.2) is 36.4 Å². The summed E-state index contributed by atoms with van der Waals surface area (Å²) in [5.41, 5.74) is 7.74. The van der Waals surface area contributed by atoms with Crippen molar-refractivity contribution in [2.24, 2.45) is 11.3 Å². The third kappa shape index (κ3) is 3.36. The highest BCUT2D eigenvalue weighted by Crippen LogP contribution is 2.48. The molecule has 4 aliphatic rings. The van der Waals surface area contributed by atoms with Gasteiger partial charge >= 0.3 is 5.97 Å². The van der Waals surface area contributed by atoms with Gasteiger partial charge in [0.2, 0.25) is 0 Å². The average molecular weight is 418 g/mol. The molecule has 2 aromatic rings. The number of likely N-dealkylation sites (tertiary alicyclic amines) is 1. The molecule has 0 N–H and O–H groups in total. The summed E-state index contributed by atoms with van der Waals surface area (Å²) >= 11 is 0. The summed E-state index contributed by atoms with van der Waals surface area (Å²) in [5, 5.41) is 0. The van der Waals surface area contributed by atoms with Crippen LogP contribution in [0.3, 0.4) is 0 Å². The number of methoxy groups -OCH3 is 1. The quantitative estimate of drug-likeness (QED) is 0.687. The molecule has 162 valence electrons. The van der Waals surface area contributed by atoms with Crippen molar-refractivity contribution in [3.8, 4) is 5.75 Å². The molecule has 2 fully saturated rings. The Labute approximate surface area is 184 Å². The fourth-order valence-corrected chi connectivity index (χ4v) is 6.44. The Morgan fingerprint density at radius 2 is 1.90 bits per heavy atom. The Balaban J connectivity index is 1.06. The largest absolute Gasteiger partial charge is 0.489 e. The Morgan fingerprint density at radius 1 is 1.06 bits per heavy atom. The lowest BCUT2D eigenvalue weighted by Crippen LogP contribution is -2.63. The summed E-state index contributed by atoms with van der Waals surface area (Å²) in [6.45, 7) is 2.99. The van der Waals surface area contributed by atoms with Crippen LogP contribution in [0.5, 0.6) is 5.75 Å². The fraction of sp³-hybridized carbons (Fsp3) is 0.519. The topological polar surface area (TPSA) is 38.8 Å². The number of hydrogen-bond donors (Lipinski definition) is 0. The van der Waals surface area contributed by atoms with E-state index in [9.17, 15) is 4.79 Å². The van der Waals surface area contributed by atoms with Gasteiger partial charge in [0.15, 0.2) is 0 Å². The van der Waals surface area contributed by atoms with Crippen molar-refractivity contribution in [1.29, 1.82) is 0 Å². The summed E-state index contributed by atoms with van der Waals surface area (Å²) in [6, 6.07) is 14.0. The van der Waals surface area contributed by atoms with Crippen LogP contribution >= 0.6 is 0 Å². The number of carbonyl (C=O) groups excluding carboxylic acids is 1. The second kappa shape index (κ2) is 7.37. The molecule has 1 spiro atoms. The van der Waals surface area contributed by atoms with E-state index in [0.717, 1.165) is 38.1 Å². The number of nitrogens with zero attached hydrogens (tertiary/aromatic N) is 1. The first kappa shape index (κ1) is 19.4. The van der Waals surface area contributed by atoms with Gasteiger partial charge in [-0.3, -0.25) is 9.69 Å². The van der Waals surface area contributed by atoms with Crippen molar-refractivity contribution in [1.82, 2.24) is 4.90 Å². The van der Waals surface area contributed by atoms with Crippen LogP contribution in [0.25, 0.3) is 0 Å². The van der Waals surface area contributed by atoms with Gasteiger partial charge < -0.3 is 9.47 Å². The smallest absolute Gasteiger partial charge is 0.308 e. The number of esters is 1. The Bertz CT molecular complexity index is 1020. The van der Waals surface area contributed by atoms with Crippen LogP contribution in [0.1, 0.15) is 47.1 Å². The summed E-state index contributed by atoms with van der Waals surface area (Å²) in [4.78, 5) is 14.2. The molecule has 0 unspecified atom stereocenters. The van der Waals surface area contributed by atoms with Crippen molar-refractivity contribution in [2.45, 2.75) is 57.6 Å². The van der Waals surface area contributed by atoms with Gasteiger partial charge in [0.05, 0.1) is 13.0 Å². The molecule has 2 aromatic carbocycles. The van der Waals surface area contributed by atoms with Crippen molar-refractivity contribution in [3.05, 3.63) is 64.2 Å². The third-order valence-corrected chi connectivity index (χ3v) is 8.19.